The third-order valence-electron chi connectivity index (χ3n) is 6.72. The number of carbonyl (C=O) groups excluding carboxylic acids is 1. The van der Waals surface area contributed by atoms with Crippen LogP contribution in [0.1, 0.15) is 56.6 Å². The number of amides is 1. The average molecular weight is 518 g/mol. The largest absolute Gasteiger partial charge is 0.493 e. The maximum absolute atomic E-state index is 13.4. The highest BCUT2D eigenvalue weighted by Crippen LogP contribution is 2.39. The topological polar surface area (TPSA) is 47.4 Å². The zero-order valence-corrected chi connectivity index (χ0v) is 22.4. The van der Waals surface area contributed by atoms with Gasteiger partial charge in [-0.1, -0.05) is 68.4 Å². The number of nitrogens with zero attached hydrogens (tertiary/aromatic N) is 3. The van der Waals surface area contributed by atoms with Crippen molar-refractivity contribution in [2.75, 3.05) is 6.61 Å². The van der Waals surface area contributed by atoms with Crippen molar-refractivity contribution >= 4 is 40.3 Å². The van der Waals surface area contributed by atoms with E-state index in [0.29, 0.717) is 15.8 Å². The van der Waals surface area contributed by atoms with Gasteiger partial charge in [-0.15, -0.1) is 0 Å². The average Bonchev–Trinajstić information content (AvgIpc) is 3.44. The lowest BCUT2D eigenvalue weighted by atomic mass is 9.94. The van der Waals surface area contributed by atoms with Crippen LogP contribution in [-0.4, -0.2) is 37.6 Å². The molecule has 36 heavy (non-hydrogen) atoms. The van der Waals surface area contributed by atoms with E-state index in [1.54, 1.807) is 0 Å². The number of hydrogen-bond acceptors (Lipinski definition) is 5. The third-order valence-corrected chi connectivity index (χ3v) is 8.05. The van der Waals surface area contributed by atoms with Crippen molar-refractivity contribution in [1.82, 2.24) is 14.7 Å². The summed E-state index contributed by atoms with van der Waals surface area (Å²) in [4.78, 5) is 16.0. The van der Waals surface area contributed by atoms with Gasteiger partial charge in [-0.05, 0) is 68.2 Å². The second-order valence-electron chi connectivity index (χ2n) is 9.39. The third kappa shape index (κ3) is 5.13. The van der Waals surface area contributed by atoms with E-state index < -0.39 is 0 Å². The Morgan fingerprint density at radius 3 is 2.64 bits per heavy atom. The van der Waals surface area contributed by atoms with Crippen molar-refractivity contribution in [3.8, 4) is 22.7 Å². The number of para-hydroxylation sites is 1. The molecule has 1 amide bonds. The van der Waals surface area contributed by atoms with Gasteiger partial charge in [-0.25, -0.2) is 4.68 Å². The maximum Gasteiger partial charge on any atom is 0.266 e. The molecule has 3 aromatic rings. The second-order valence-corrected chi connectivity index (χ2v) is 11.1. The Labute approximate surface area is 222 Å². The zero-order valence-electron chi connectivity index (χ0n) is 20.8. The summed E-state index contributed by atoms with van der Waals surface area (Å²) in [5.41, 5.74) is 4.73. The van der Waals surface area contributed by atoms with Crippen LogP contribution in [0.4, 0.5) is 0 Å². The molecule has 1 aliphatic carbocycles. The van der Waals surface area contributed by atoms with Crippen LogP contribution in [0.25, 0.3) is 23.0 Å². The van der Waals surface area contributed by atoms with Crippen molar-refractivity contribution in [3.63, 3.8) is 0 Å². The van der Waals surface area contributed by atoms with E-state index in [0.717, 1.165) is 65.9 Å². The first-order valence-corrected chi connectivity index (χ1v) is 13.9. The summed E-state index contributed by atoms with van der Waals surface area (Å²) in [6.45, 7) is 4.84. The first-order chi connectivity index (χ1) is 17.5. The molecule has 0 unspecified atom stereocenters. The molecule has 0 spiro atoms. The molecule has 1 aliphatic heterocycles. The number of aryl methyl sites for hydroxylation is 1. The van der Waals surface area contributed by atoms with Crippen LogP contribution in [-0.2, 0) is 4.79 Å². The van der Waals surface area contributed by atoms with Crippen LogP contribution in [0.5, 0.6) is 5.75 Å². The number of thioether (sulfide) groups is 1. The van der Waals surface area contributed by atoms with Crippen molar-refractivity contribution in [3.05, 3.63) is 70.8 Å². The Hall–Kier alpha value is -2.90. The molecule has 186 valence electrons. The monoisotopic (exact) mass is 517 g/mol. The molecule has 2 fully saturated rings. The highest BCUT2D eigenvalue weighted by Gasteiger charge is 2.37. The standard InChI is InChI=1S/C29H31N3O2S2/c1-3-16-34-25-15-14-21(17-20(25)2)27-22(19-31(30-27)23-10-6-4-7-11-23)18-26-28(33)32(29(35)36-26)24-12-8-5-9-13-24/h4,6-7,10-11,14-15,17-19,24H,3,5,8-9,12-13,16H2,1-2H3/b26-18+. The van der Waals surface area contributed by atoms with E-state index in [-0.39, 0.29) is 11.9 Å². The highest BCUT2D eigenvalue weighted by molar-refractivity contribution is 8.26. The minimum atomic E-state index is 0.0230. The fraction of sp³-hybridized carbons (Fsp3) is 0.345. The smallest absolute Gasteiger partial charge is 0.266 e. The molecule has 0 radical (unpaired) electrons. The van der Waals surface area contributed by atoms with Gasteiger partial charge in [0.25, 0.3) is 5.91 Å². The van der Waals surface area contributed by atoms with Gasteiger partial charge < -0.3 is 4.74 Å². The van der Waals surface area contributed by atoms with Crippen molar-refractivity contribution in [1.29, 1.82) is 0 Å². The number of hydrogen-bond donors (Lipinski definition) is 0. The minimum Gasteiger partial charge on any atom is -0.493 e. The van der Waals surface area contributed by atoms with Crippen molar-refractivity contribution < 1.29 is 9.53 Å². The van der Waals surface area contributed by atoms with Crippen LogP contribution < -0.4 is 4.74 Å². The summed E-state index contributed by atoms with van der Waals surface area (Å²) in [6, 6.07) is 16.4. The summed E-state index contributed by atoms with van der Waals surface area (Å²) >= 11 is 7.06. The summed E-state index contributed by atoms with van der Waals surface area (Å²) in [6.07, 6.45) is 10.5. The summed E-state index contributed by atoms with van der Waals surface area (Å²) in [5.74, 6) is 0.910. The van der Waals surface area contributed by atoms with E-state index in [1.807, 2.05) is 64.3 Å². The van der Waals surface area contributed by atoms with Crippen LogP contribution in [0.2, 0.25) is 0 Å². The van der Waals surface area contributed by atoms with Gasteiger partial charge in [0.1, 0.15) is 15.8 Å². The van der Waals surface area contributed by atoms with Crippen molar-refractivity contribution in [2.45, 2.75) is 58.4 Å². The van der Waals surface area contributed by atoms with Crippen molar-refractivity contribution in [2.24, 2.45) is 0 Å². The first-order valence-electron chi connectivity index (χ1n) is 12.7. The molecule has 0 atom stereocenters. The Morgan fingerprint density at radius 1 is 1.14 bits per heavy atom. The number of thiocarbonyl (C=S) groups is 1. The fourth-order valence-electron chi connectivity index (χ4n) is 4.88. The van der Waals surface area contributed by atoms with Gasteiger partial charge in [0.2, 0.25) is 0 Å². The molecule has 0 bridgehead atoms. The molecule has 2 aliphatic rings. The lowest BCUT2D eigenvalue weighted by molar-refractivity contribution is -0.124. The summed E-state index contributed by atoms with van der Waals surface area (Å²) < 4.78 is 8.42. The number of ether oxygens (including phenoxy) is 1. The normalized spacial score (nSPS) is 17.8. The quantitative estimate of drug-likeness (QED) is 0.246. The van der Waals surface area contributed by atoms with E-state index in [2.05, 4.69) is 19.9 Å². The number of rotatable bonds is 7. The lowest BCUT2D eigenvalue weighted by Crippen LogP contribution is -2.39. The van der Waals surface area contributed by atoms with Crippen LogP contribution in [0, 0.1) is 6.92 Å². The molecule has 2 heterocycles. The molecule has 2 aromatic carbocycles. The molecule has 1 saturated heterocycles. The van der Waals surface area contributed by atoms with Gasteiger partial charge >= 0.3 is 0 Å². The predicted molar refractivity (Wildman–Crippen MR) is 151 cm³/mol. The van der Waals surface area contributed by atoms with E-state index in [4.69, 9.17) is 22.1 Å². The molecule has 7 heteroatoms. The van der Waals surface area contributed by atoms with Crippen LogP contribution in [0.15, 0.2) is 59.6 Å². The first kappa shape index (κ1) is 24.8. The number of benzene rings is 2. The van der Waals surface area contributed by atoms with E-state index in [9.17, 15) is 4.79 Å². The fourth-order valence-corrected chi connectivity index (χ4v) is 6.27. The van der Waals surface area contributed by atoms with Gasteiger partial charge in [0.15, 0.2) is 0 Å². The van der Waals surface area contributed by atoms with Gasteiger partial charge in [0.05, 0.1) is 17.2 Å². The predicted octanol–water partition coefficient (Wildman–Crippen LogP) is 7.17. The highest BCUT2D eigenvalue weighted by atomic mass is 32.2. The Kier molecular flexibility index (Phi) is 7.58. The number of carbonyl (C=O) groups is 1. The van der Waals surface area contributed by atoms with E-state index >= 15 is 0 Å². The summed E-state index contributed by atoms with van der Waals surface area (Å²) in [7, 11) is 0. The SMILES string of the molecule is CCCOc1ccc(-c2nn(-c3ccccc3)cc2/C=C2/SC(=S)N(C3CCCCC3)C2=O)cc1C. The zero-order chi connectivity index (χ0) is 25.1. The molecule has 5 rings (SSSR count). The molecule has 5 nitrogen and oxygen atoms in total. The van der Waals surface area contributed by atoms with Gasteiger partial charge in [-0.3, -0.25) is 9.69 Å². The minimum absolute atomic E-state index is 0.0230. The van der Waals surface area contributed by atoms with Gasteiger partial charge in [0, 0.05) is 23.4 Å². The molecule has 0 N–H and O–H groups in total. The molecule has 1 saturated carbocycles. The molecular weight excluding hydrogens is 486 g/mol. The molecular formula is C29H31N3O2S2. The lowest BCUT2D eigenvalue weighted by Gasteiger charge is -2.29. The van der Waals surface area contributed by atoms with Crippen LogP contribution in [0.3, 0.4) is 0 Å². The Bertz CT molecular complexity index is 1290. The number of aromatic nitrogens is 2. The Balaban J connectivity index is 1.53. The Morgan fingerprint density at radius 2 is 1.92 bits per heavy atom. The maximum atomic E-state index is 13.4. The second kappa shape index (κ2) is 11.0. The van der Waals surface area contributed by atoms with E-state index in [1.165, 1.54) is 18.2 Å². The van der Waals surface area contributed by atoms with Gasteiger partial charge in [-0.2, -0.15) is 5.10 Å². The van der Waals surface area contributed by atoms with Crippen LogP contribution >= 0.6 is 24.0 Å². The summed E-state index contributed by atoms with van der Waals surface area (Å²) in [5, 5.41) is 4.94. The molecule has 1 aromatic heterocycles.